The molecule has 1 rings (SSSR count). The summed E-state index contributed by atoms with van der Waals surface area (Å²) < 4.78 is 0. The van der Waals surface area contributed by atoms with Crippen molar-refractivity contribution in [3.05, 3.63) is 29.3 Å². The van der Waals surface area contributed by atoms with E-state index in [9.17, 15) is 4.79 Å². The molecule has 0 radical (unpaired) electrons. The van der Waals surface area contributed by atoms with Gasteiger partial charge in [-0.3, -0.25) is 4.79 Å². The molecule has 0 aliphatic rings. The molecule has 3 heteroatoms. The Morgan fingerprint density at radius 2 is 2.07 bits per heavy atom. The number of nitrogens with one attached hydrogen (secondary N) is 1. The average Bonchev–Trinajstić information content (AvgIpc) is 2.21. The smallest absolute Gasteiger partial charge is 0.240 e. The lowest BCUT2D eigenvalue weighted by atomic mass is 10.1. The second-order valence-electron chi connectivity index (χ2n) is 3.77. The minimum atomic E-state index is 0.0752. The van der Waals surface area contributed by atoms with Crippen LogP contribution in [0.4, 0.5) is 5.69 Å². The van der Waals surface area contributed by atoms with Gasteiger partial charge in [0, 0.05) is 12.7 Å². The van der Waals surface area contributed by atoms with E-state index in [1.54, 1.807) is 19.0 Å². The van der Waals surface area contributed by atoms with Crippen LogP contribution in [0.1, 0.15) is 11.1 Å². The SMILES string of the molecule is CNCC(=O)N(C)c1cc(C)ccc1C. The Kier molecular flexibility index (Phi) is 3.86. The Hall–Kier alpha value is -1.35. The molecule has 1 amide bonds. The number of hydrogen-bond acceptors (Lipinski definition) is 2. The topological polar surface area (TPSA) is 32.3 Å². The van der Waals surface area contributed by atoms with E-state index >= 15 is 0 Å². The number of rotatable bonds is 3. The summed E-state index contributed by atoms with van der Waals surface area (Å²) in [7, 11) is 3.58. The van der Waals surface area contributed by atoms with Gasteiger partial charge in [-0.1, -0.05) is 12.1 Å². The van der Waals surface area contributed by atoms with Crippen LogP contribution in [-0.4, -0.2) is 26.5 Å². The summed E-state index contributed by atoms with van der Waals surface area (Å²) in [6.45, 7) is 4.40. The van der Waals surface area contributed by atoms with Crippen LogP contribution >= 0.6 is 0 Å². The molecule has 1 aromatic rings. The molecule has 0 aliphatic heterocycles. The second kappa shape index (κ2) is 4.94. The molecule has 0 fully saturated rings. The zero-order chi connectivity index (χ0) is 11.4. The highest BCUT2D eigenvalue weighted by molar-refractivity contribution is 5.95. The van der Waals surface area contributed by atoms with Crippen molar-refractivity contribution >= 4 is 11.6 Å². The summed E-state index contributed by atoms with van der Waals surface area (Å²) in [4.78, 5) is 13.4. The minimum absolute atomic E-state index is 0.0752. The standard InChI is InChI=1S/C12H18N2O/c1-9-5-6-10(2)11(7-9)14(4)12(15)8-13-3/h5-7,13H,8H2,1-4H3. The first kappa shape index (κ1) is 11.7. The molecular formula is C12H18N2O. The first-order valence-corrected chi connectivity index (χ1v) is 5.04. The van der Waals surface area contributed by atoms with Gasteiger partial charge >= 0.3 is 0 Å². The van der Waals surface area contributed by atoms with Gasteiger partial charge in [-0.2, -0.15) is 0 Å². The third-order valence-corrected chi connectivity index (χ3v) is 2.43. The second-order valence-corrected chi connectivity index (χ2v) is 3.77. The predicted octanol–water partition coefficient (Wildman–Crippen LogP) is 1.49. The van der Waals surface area contributed by atoms with Crippen molar-refractivity contribution in [2.24, 2.45) is 0 Å². The Morgan fingerprint density at radius 3 is 2.67 bits per heavy atom. The van der Waals surface area contributed by atoms with Crippen LogP contribution in [0.25, 0.3) is 0 Å². The number of anilines is 1. The highest BCUT2D eigenvalue weighted by atomic mass is 16.2. The molecule has 0 heterocycles. The van der Waals surface area contributed by atoms with Gasteiger partial charge in [0.2, 0.25) is 5.91 Å². The van der Waals surface area contributed by atoms with Gasteiger partial charge in [0.05, 0.1) is 6.54 Å². The van der Waals surface area contributed by atoms with E-state index in [1.807, 2.05) is 26.0 Å². The third kappa shape index (κ3) is 2.80. The molecule has 1 N–H and O–H groups in total. The molecule has 0 saturated carbocycles. The van der Waals surface area contributed by atoms with Crippen molar-refractivity contribution in [3.63, 3.8) is 0 Å². The fourth-order valence-electron chi connectivity index (χ4n) is 1.48. The number of aryl methyl sites for hydroxylation is 2. The van der Waals surface area contributed by atoms with Gasteiger partial charge in [-0.05, 0) is 38.1 Å². The van der Waals surface area contributed by atoms with Gasteiger partial charge in [-0.15, -0.1) is 0 Å². The molecule has 0 aromatic heterocycles. The lowest BCUT2D eigenvalue weighted by Crippen LogP contribution is -2.34. The maximum absolute atomic E-state index is 11.7. The quantitative estimate of drug-likeness (QED) is 0.812. The summed E-state index contributed by atoms with van der Waals surface area (Å²) in [6, 6.07) is 6.12. The number of hydrogen-bond donors (Lipinski definition) is 1. The summed E-state index contributed by atoms with van der Waals surface area (Å²) in [5.74, 6) is 0.0752. The zero-order valence-electron chi connectivity index (χ0n) is 9.79. The van der Waals surface area contributed by atoms with Crippen LogP contribution in [0.5, 0.6) is 0 Å². The van der Waals surface area contributed by atoms with Crippen molar-refractivity contribution in [2.45, 2.75) is 13.8 Å². The van der Waals surface area contributed by atoms with Crippen molar-refractivity contribution < 1.29 is 4.79 Å². The number of carbonyl (C=O) groups is 1. The summed E-state index contributed by atoms with van der Waals surface area (Å²) in [5.41, 5.74) is 3.27. The van der Waals surface area contributed by atoms with E-state index < -0.39 is 0 Å². The van der Waals surface area contributed by atoms with Gasteiger partial charge < -0.3 is 10.2 Å². The zero-order valence-corrected chi connectivity index (χ0v) is 9.79. The Labute approximate surface area is 91.1 Å². The van der Waals surface area contributed by atoms with Gasteiger partial charge in [-0.25, -0.2) is 0 Å². The minimum Gasteiger partial charge on any atom is -0.314 e. The van der Waals surface area contributed by atoms with Crippen LogP contribution in [-0.2, 0) is 4.79 Å². The number of amides is 1. The Bertz CT molecular complexity index is 361. The molecule has 3 nitrogen and oxygen atoms in total. The fraction of sp³-hybridized carbons (Fsp3) is 0.417. The monoisotopic (exact) mass is 206 g/mol. The molecule has 0 spiro atoms. The van der Waals surface area contributed by atoms with Gasteiger partial charge in [0.25, 0.3) is 0 Å². The summed E-state index contributed by atoms with van der Waals surface area (Å²) >= 11 is 0. The van der Waals surface area contributed by atoms with E-state index in [1.165, 1.54) is 5.56 Å². The number of benzene rings is 1. The number of likely N-dealkylation sites (N-methyl/N-ethyl adjacent to an activating group) is 2. The van der Waals surface area contributed by atoms with Gasteiger partial charge in [0.15, 0.2) is 0 Å². The molecule has 0 saturated heterocycles. The molecule has 15 heavy (non-hydrogen) atoms. The molecule has 1 aromatic carbocycles. The predicted molar refractivity (Wildman–Crippen MR) is 63.3 cm³/mol. The molecule has 0 aliphatic carbocycles. The molecular weight excluding hydrogens is 188 g/mol. The average molecular weight is 206 g/mol. The van der Waals surface area contributed by atoms with Crippen LogP contribution in [0, 0.1) is 13.8 Å². The molecule has 0 bridgehead atoms. The molecule has 0 unspecified atom stereocenters. The molecule has 82 valence electrons. The number of carbonyl (C=O) groups excluding carboxylic acids is 1. The van der Waals surface area contributed by atoms with Crippen molar-refractivity contribution in [1.29, 1.82) is 0 Å². The number of nitrogens with zero attached hydrogens (tertiary/aromatic N) is 1. The van der Waals surface area contributed by atoms with Crippen molar-refractivity contribution in [3.8, 4) is 0 Å². The maximum atomic E-state index is 11.7. The highest BCUT2D eigenvalue weighted by Crippen LogP contribution is 2.20. The van der Waals surface area contributed by atoms with Gasteiger partial charge in [0.1, 0.15) is 0 Å². The summed E-state index contributed by atoms with van der Waals surface area (Å²) in [6.07, 6.45) is 0. The van der Waals surface area contributed by atoms with Crippen LogP contribution in [0.15, 0.2) is 18.2 Å². The highest BCUT2D eigenvalue weighted by Gasteiger charge is 2.11. The largest absolute Gasteiger partial charge is 0.314 e. The van der Waals surface area contributed by atoms with E-state index in [0.717, 1.165) is 11.3 Å². The fourth-order valence-corrected chi connectivity index (χ4v) is 1.48. The first-order chi connectivity index (χ1) is 7.06. The van der Waals surface area contributed by atoms with E-state index in [4.69, 9.17) is 0 Å². The van der Waals surface area contributed by atoms with Crippen molar-refractivity contribution in [1.82, 2.24) is 5.32 Å². The lowest BCUT2D eigenvalue weighted by Gasteiger charge is -2.19. The lowest BCUT2D eigenvalue weighted by molar-refractivity contribution is -0.117. The van der Waals surface area contributed by atoms with E-state index in [2.05, 4.69) is 11.4 Å². The van der Waals surface area contributed by atoms with Crippen molar-refractivity contribution in [2.75, 3.05) is 25.5 Å². The van der Waals surface area contributed by atoms with E-state index in [0.29, 0.717) is 6.54 Å². The maximum Gasteiger partial charge on any atom is 0.240 e. The first-order valence-electron chi connectivity index (χ1n) is 5.04. The Morgan fingerprint density at radius 1 is 1.40 bits per heavy atom. The van der Waals surface area contributed by atoms with Crippen LogP contribution in [0.3, 0.4) is 0 Å². The molecule has 0 atom stereocenters. The van der Waals surface area contributed by atoms with Crippen LogP contribution < -0.4 is 10.2 Å². The normalized spacial score (nSPS) is 10.1. The van der Waals surface area contributed by atoms with Crippen LogP contribution in [0.2, 0.25) is 0 Å². The summed E-state index contributed by atoms with van der Waals surface area (Å²) in [5, 5.41) is 2.86. The third-order valence-electron chi connectivity index (χ3n) is 2.43. The Balaban J connectivity index is 2.94. The van der Waals surface area contributed by atoms with E-state index in [-0.39, 0.29) is 5.91 Å².